The van der Waals surface area contributed by atoms with Crippen LogP contribution < -0.4 is 5.73 Å². The highest BCUT2D eigenvalue weighted by Gasteiger charge is 2.09. The van der Waals surface area contributed by atoms with Crippen molar-refractivity contribution < 1.29 is 0 Å². The summed E-state index contributed by atoms with van der Waals surface area (Å²) in [6.07, 6.45) is 1.68. The molecule has 0 heterocycles. The Morgan fingerprint density at radius 3 is 2.25 bits per heavy atom. The van der Waals surface area contributed by atoms with Gasteiger partial charge in [-0.1, -0.05) is 60.7 Å². The SMILES string of the molecule is C=C[C](N)c1ccccc1-c1ccccc1. The largest absolute Gasteiger partial charge is 0.316 e. The molecule has 16 heavy (non-hydrogen) atoms. The van der Waals surface area contributed by atoms with Gasteiger partial charge in [0.15, 0.2) is 0 Å². The van der Waals surface area contributed by atoms with E-state index < -0.39 is 0 Å². The highest BCUT2D eigenvalue weighted by atomic mass is 14.6. The Morgan fingerprint density at radius 1 is 0.938 bits per heavy atom. The van der Waals surface area contributed by atoms with Crippen molar-refractivity contribution in [3.63, 3.8) is 0 Å². The Balaban J connectivity index is 2.53. The summed E-state index contributed by atoms with van der Waals surface area (Å²) in [5.74, 6) is 0. The molecule has 0 saturated heterocycles. The van der Waals surface area contributed by atoms with Crippen LogP contribution in [0, 0.1) is 6.04 Å². The lowest BCUT2D eigenvalue weighted by molar-refractivity contribution is 1.19. The van der Waals surface area contributed by atoms with Gasteiger partial charge < -0.3 is 5.73 Å². The normalized spacial score (nSPS) is 10.4. The third-order valence-corrected chi connectivity index (χ3v) is 2.54. The second-order valence-corrected chi connectivity index (χ2v) is 3.57. The number of hydrogen-bond acceptors (Lipinski definition) is 1. The summed E-state index contributed by atoms with van der Waals surface area (Å²) in [7, 11) is 0. The van der Waals surface area contributed by atoms with Crippen LogP contribution >= 0.6 is 0 Å². The molecule has 0 atom stereocenters. The fraction of sp³-hybridized carbons (Fsp3) is 0. The quantitative estimate of drug-likeness (QED) is 0.822. The smallest absolute Gasteiger partial charge is 0.0861 e. The first-order valence-corrected chi connectivity index (χ1v) is 5.22. The van der Waals surface area contributed by atoms with E-state index in [1.165, 1.54) is 5.56 Å². The molecule has 2 rings (SSSR count). The highest BCUT2D eigenvalue weighted by Crippen LogP contribution is 2.26. The van der Waals surface area contributed by atoms with Crippen LogP contribution in [0.5, 0.6) is 0 Å². The molecular weight excluding hydrogens is 194 g/mol. The molecule has 0 amide bonds. The minimum Gasteiger partial charge on any atom is -0.316 e. The lowest BCUT2D eigenvalue weighted by atomic mass is 9.95. The Kier molecular flexibility index (Phi) is 3.18. The molecule has 0 fully saturated rings. The van der Waals surface area contributed by atoms with Crippen LogP contribution in [0.15, 0.2) is 67.3 Å². The van der Waals surface area contributed by atoms with Gasteiger partial charge in [0, 0.05) is 0 Å². The molecule has 0 aliphatic carbocycles. The molecule has 2 N–H and O–H groups in total. The van der Waals surface area contributed by atoms with E-state index in [2.05, 4.69) is 24.8 Å². The lowest BCUT2D eigenvalue weighted by Gasteiger charge is -2.12. The van der Waals surface area contributed by atoms with Gasteiger partial charge in [0.25, 0.3) is 0 Å². The first kappa shape index (κ1) is 10.7. The summed E-state index contributed by atoms with van der Waals surface area (Å²) in [6.45, 7) is 3.71. The summed E-state index contributed by atoms with van der Waals surface area (Å²) in [4.78, 5) is 0. The summed E-state index contributed by atoms with van der Waals surface area (Å²) in [6, 6.07) is 19.0. The van der Waals surface area contributed by atoms with E-state index in [1.54, 1.807) is 6.08 Å². The number of hydrogen-bond donors (Lipinski definition) is 1. The van der Waals surface area contributed by atoms with Crippen molar-refractivity contribution >= 4 is 0 Å². The van der Waals surface area contributed by atoms with Crippen molar-refractivity contribution in [2.24, 2.45) is 5.73 Å². The Labute approximate surface area is 96.2 Å². The van der Waals surface area contributed by atoms with Crippen LogP contribution in [-0.4, -0.2) is 0 Å². The first-order chi connectivity index (χ1) is 7.83. The summed E-state index contributed by atoms with van der Waals surface area (Å²) < 4.78 is 0. The fourth-order valence-corrected chi connectivity index (χ4v) is 1.71. The van der Waals surface area contributed by atoms with Crippen molar-refractivity contribution in [3.05, 3.63) is 78.9 Å². The first-order valence-electron chi connectivity index (χ1n) is 5.22. The zero-order valence-corrected chi connectivity index (χ0v) is 9.06. The topological polar surface area (TPSA) is 26.0 Å². The van der Waals surface area contributed by atoms with Crippen LogP contribution in [0.4, 0.5) is 0 Å². The Bertz CT molecular complexity index is 474. The summed E-state index contributed by atoms with van der Waals surface area (Å²) in [5.41, 5.74) is 9.27. The molecule has 0 unspecified atom stereocenters. The van der Waals surface area contributed by atoms with Gasteiger partial charge in [-0.25, -0.2) is 0 Å². The minimum absolute atomic E-state index is 0.708. The predicted molar refractivity (Wildman–Crippen MR) is 68.6 cm³/mol. The summed E-state index contributed by atoms with van der Waals surface area (Å²) in [5, 5.41) is 0. The zero-order chi connectivity index (χ0) is 11.4. The molecule has 0 saturated carbocycles. The molecule has 1 heteroatoms. The molecule has 0 aliphatic rings. The highest BCUT2D eigenvalue weighted by molar-refractivity contribution is 5.70. The van der Waals surface area contributed by atoms with E-state index in [0.29, 0.717) is 6.04 Å². The van der Waals surface area contributed by atoms with E-state index >= 15 is 0 Å². The maximum Gasteiger partial charge on any atom is 0.0861 e. The standard InChI is InChI=1S/C15H14N/c1-2-15(16)14-11-7-6-10-13(14)12-8-4-3-5-9-12/h2-11H,1,16H2. The lowest BCUT2D eigenvalue weighted by Crippen LogP contribution is -2.08. The maximum atomic E-state index is 5.93. The average molecular weight is 208 g/mol. The van der Waals surface area contributed by atoms with Gasteiger partial charge in [-0.15, -0.1) is 6.58 Å². The average Bonchev–Trinajstić information content (AvgIpc) is 2.39. The number of rotatable bonds is 3. The Morgan fingerprint density at radius 2 is 1.56 bits per heavy atom. The predicted octanol–water partition coefficient (Wildman–Crippen LogP) is 3.38. The van der Waals surface area contributed by atoms with Crippen LogP contribution in [0.2, 0.25) is 0 Å². The van der Waals surface area contributed by atoms with Crippen molar-refractivity contribution in [2.75, 3.05) is 0 Å². The minimum atomic E-state index is 0.708. The van der Waals surface area contributed by atoms with Crippen LogP contribution in [-0.2, 0) is 0 Å². The molecule has 1 radical (unpaired) electrons. The van der Waals surface area contributed by atoms with Crippen molar-refractivity contribution in [2.45, 2.75) is 0 Å². The van der Waals surface area contributed by atoms with E-state index in [9.17, 15) is 0 Å². The number of benzene rings is 2. The van der Waals surface area contributed by atoms with Gasteiger partial charge in [-0.2, -0.15) is 0 Å². The van der Waals surface area contributed by atoms with E-state index in [1.807, 2.05) is 36.4 Å². The van der Waals surface area contributed by atoms with Gasteiger partial charge >= 0.3 is 0 Å². The van der Waals surface area contributed by atoms with Crippen LogP contribution in [0.1, 0.15) is 5.56 Å². The maximum absolute atomic E-state index is 5.93. The Hall–Kier alpha value is -1.86. The van der Waals surface area contributed by atoms with Gasteiger partial charge in [-0.05, 0) is 16.7 Å². The monoisotopic (exact) mass is 208 g/mol. The molecule has 79 valence electrons. The van der Waals surface area contributed by atoms with Crippen molar-refractivity contribution in [3.8, 4) is 11.1 Å². The molecule has 1 nitrogen and oxygen atoms in total. The molecule has 0 aliphatic heterocycles. The fourth-order valence-electron chi connectivity index (χ4n) is 1.71. The van der Waals surface area contributed by atoms with Gasteiger partial charge in [-0.3, -0.25) is 0 Å². The third-order valence-electron chi connectivity index (χ3n) is 2.54. The van der Waals surface area contributed by atoms with Gasteiger partial charge in [0.05, 0.1) is 6.04 Å². The van der Waals surface area contributed by atoms with Crippen LogP contribution in [0.25, 0.3) is 11.1 Å². The van der Waals surface area contributed by atoms with Crippen LogP contribution in [0.3, 0.4) is 0 Å². The molecule has 0 spiro atoms. The molecule has 2 aromatic carbocycles. The van der Waals surface area contributed by atoms with E-state index in [-0.39, 0.29) is 0 Å². The molecule has 0 aromatic heterocycles. The van der Waals surface area contributed by atoms with Gasteiger partial charge in [0.1, 0.15) is 0 Å². The van der Waals surface area contributed by atoms with Crippen molar-refractivity contribution in [1.29, 1.82) is 0 Å². The van der Waals surface area contributed by atoms with Crippen molar-refractivity contribution in [1.82, 2.24) is 0 Å². The second kappa shape index (κ2) is 4.77. The number of nitrogens with two attached hydrogens (primary N) is 1. The second-order valence-electron chi connectivity index (χ2n) is 3.57. The molecule has 2 aromatic rings. The van der Waals surface area contributed by atoms with E-state index in [0.717, 1.165) is 11.1 Å². The molecule has 0 bridgehead atoms. The zero-order valence-electron chi connectivity index (χ0n) is 9.06. The van der Waals surface area contributed by atoms with E-state index in [4.69, 9.17) is 5.73 Å². The third kappa shape index (κ3) is 2.05. The van der Waals surface area contributed by atoms with Gasteiger partial charge in [0.2, 0.25) is 0 Å². The molecular formula is C15H14N. The summed E-state index contributed by atoms with van der Waals surface area (Å²) >= 11 is 0.